The van der Waals surface area contributed by atoms with E-state index in [2.05, 4.69) is 13.8 Å². The van der Waals surface area contributed by atoms with E-state index >= 15 is 0 Å². The lowest BCUT2D eigenvalue weighted by Crippen LogP contribution is -2.62. The van der Waals surface area contributed by atoms with Gasteiger partial charge in [0.2, 0.25) is 0 Å². The number of hydrogen-bond acceptors (Lipinski definition) is 5. The fourth-order valence-electron chi connectivity index (χ4n) is 9.25. The van der Waals surface area contributed by atoms with E-state index in [0.29, 0.717) is 12.0 Å². The van der Waals surface area contributed by atoms with Crippen molar-refractivity contribution in [3.63, 3.8) is 0 Å². The highest BCUT2D eigenvalue weighted by Crippen LogP contribution is 2.75. The molecule has 4 aliphatic carbocycles. The number of ether oxygens (including phenoxy) is 5. The van der Waals surface area contributed by atoms with Gasteiger partial charge in [-0.15, -0.1) is 0 Å². The topological polar surface area (TPSA) is 49.5 Å². The lowest BCUT2D eigenvalue weighted by Gasteiger charge is -2.60. The molecule has 0 bridgehead atoms. The summed E-state index contributed by atoms with van der Waals surface area (Å²) in [7, 11) is 0. The maximum Gasteiger partial charge on any atom is 0.174 e. The Morgan fingerprint density at radius 2 is 1.39 bits per heavy atom. The molecule has 0 aromatic heterocycles. The van der Waals surface area contributed by atoms with Crippen molar-refractivity contribution in [1.82, 2.24) is 0 Å². The molecule has 5 heteroatoms. The maximum absolute atomic E-state index is 6.63. The number of epoxide rings is 1. The summed E-state index contributed by atoms with van der Waals surface area (Å²) < 4.78 is 31.5. The summed E-state index contributed by atoms with van der Waals surface area (Å²) in [6.07, 6.45) is 9.61. The van der Waals surface area contributed by atoms with Gasteiger partial charge in [0.15, 0.2) is 11.6 Å². The molecule has 5 nitrogen and oxygen atoms in total. The SMILES string of the molecule is C[C@]12CCC3C(C[C@@H]4O[C@@]45CC4(CC[C@]35C)OCCO4)C1CCC21OCCO1. The van der Waals surface area contributed by atoms with Crippen molar-refractivity contribution in [2.75, 3.05) is 26.4 Å². The molecule has 28 heavy (non-hydrogen) atoms. The first-order chi connectivity index (χ1) is 13.5. The Labute approximate surface area is 167 Å². The van der Waals surface area contributed by atoms with Crippen LogP contribution in [0, 0.1) is 28.6 Å². The molecule has 0 amide bonds. The van der Waals surface area contributed by atoms with Gasteiger partial charge in [0.05, 0.1) is 32.5 Å². The van der Waals surface area contributed by atoms with Gasteiger partial charge in [-0.2, -0.15) is 0 Å². The first kappa shape index (κ1) is 17.5. The molecule has 3 aliphatic heterocycles. The third-order valence-electron chi connectivity index (χ3n) is 10.7. The lowest BCUT2D eigenvalue weighted by atomic mass is 9.44. The summed E-state index contributed by atoms with van der Waals surface area (Å²) in [4.78, 5) is 0. The second-order valence-corrected chi connectivity index (χ2v) is 11.3. The maximum atomic E-state index is 6.63. The third kappa shape index (κ3) is 1.80. The van der Waals surface area contributed by atoms with Crippen LogP contribution in [0.1, 0.15) is 65.2 Å². The van der Waals surface area contributed by atoms with Gasteiger partial charge in [-0.1, -0.05) is 13.8 Å². The Morgan fingerprint density at radius 1 is 0.714 bits per heavy atom. The van der Waals surface area contributed by atoms with Gasteiger partial charge in [0.25, 0.3) is 0 Å². The highest BCUT2D eigenvalue weighted by atomic mass is 16.7. The van der Waals surface area contributed by atoms with Gasteiger partial charge in [0.1, 0.15) is 5.60 Å². The fourth-order valence-corrected chi connectivity index (χ4v) is 9.25. The first-order valence-corrected chi connectivity index (χ1v) is 11.7. The van der Waals surface area contributed by atoms with Crippen LogP contribution in [0.25, 0.3) is 0 Å². The Bertz CT molecular complexity index is 697. The van der Waals surface area contributed by atoms with Crippen molar-refractivity contribution in [3.8, 4) is 0 Å². The lowest BCUT2D eigenvalue weighted by molar-refractivity contribution is -0.254. The van der Waals surface area contributed by atoms with E-state index in [1.807, 2.05) is 0 Å². The second kappa shape index (κ2) is 5.16. The number of fused-ring (bicyclic) bond motifs is 5. The van der Waals surface area contributed by atoms with Crippen molar-refractivity contribution in [1.29, 1.82) is 0 Å². The minimum absolute atomic E-state index is 0.00114. The molecule has 4 saturated carbocycles. The molecular weight excluding hydrogens is 356 g/mol. The highest BCUT2D eigenvalue weighted by Gasteiger charge is 2.79. The van der Waals surface area contributed by atoms with Crippen LogP contribution < -0.4 is 0 Å². The van der Waals surface area contributed by atoms with E-state index < -0.39 is 0 Å². The van der Waals surface area contributed by atoms with Crippen LogP contribution in [-0.4, -0.2) is 49.7 Å². The molecule has 7 rings (SSSR count). The molecule has 0 radical (unpaired) electrons. The van der Waals surface area contributed by atoms with Crippen LogP contribution >= 0.6 is 0 Å². The minimum Gasteiger partial charge on any atom is -0.365 e. The van der Waals surface area contributed by atoms with Gasteiger partial charge in [-0.25, -0.2) is 0 Å². The van der Waals surface area contributed by atoms with E-state index in [1.54, 1.807) is 0 Å². The quantitative estimate of drug-likeness (QED) is 0.591. The Hall–Kier alpha value is -0.200. The average molecular weight is 391 g/mol. The van der Waals surface area contributed by atoms with Crippen LogP contribution in [0.15, 0.2) is 0 Å². The van der Waals surface area contributed by atoms with E-state index in [-0.39, 0.29) is 28.0 Å². The van der Waals surface area contributed by atoms with E-state index in [9.17, 15) is 0 Å². The zero-order chi connectivity index (χ0) is 18.8. The van der Waals surface area contributed by atoms with Crippen LogP contribution in [-0.2, 0) is 23.7 Å². The molecule has 0 N–H and O–H groups in total. The Kier molecular flexibility index (Phi) is 3.22. The molecule has 3 saturated heterocycles. The summed E-state index contributed by atoms with van der Waals surface area (Å²) in [5.74, 6) is 1.55. The largest absolute Gasteiger partial charge is 0.365 e. The monoisotopic (exact) mass is 390 g/mol. The first-order valence-electron chi connectivity index (χ1n) is 11.7. The average Bonchev–Trinajstić information content (AvgIpc) is 3.06. The Morgan fingerprint density at radius 3 is 2.18 bits per heavy atom. The molecule has 7 fully saturated rings. The molecule has 3 spiro atoms. The van der Waals surface area contributed by atoms with Crippen molar-refractivity contribution >= 4 is 0 Å². The molecule has 7 aliphatic rings. The molecule has 0 aromatic rings. The van der Waals surface area contributed by atoms with Gasteiger partial charge in [-0.05, 0) is 49.9 Å². The third-order valence-corrected chi connectivity index (χ3v) is 10.7. The zero-order valence-electron chi connectivity index (χ0n) is 17.3. The number of hydrogen-bond donors (Lipinski definition) is 0. The summed E-state index contributed by atoms with van der Waals surface area (Å²) >= 11 is 0. The van der Waals surface area contributed by atoms with Gasteiger partial charge < -0.3 is 23.7 Å². The zero-order valence-corrected chi connectivity index (χ0v) is 17.3. The summed E-state index contributed by atoms with van der Waals surface area (Å²) in [5, 5.41) is 0. The molecule has 7 atom stereocenters. The molecule has 3 unspecified atom stereocenters. The van der Waals surface area contributed by atoms with Crippen LogP contribution in [0.2, 0.25) is 0 Å². The smallest absolute Gasteiger partial charge is 0.174 e. The molecule has 3 heterocycles. The van der Waals surface area contributed by atoms with Crippen LogP contribution in [0.5, 0.6) is 0 Å². The fraction of sp³-hybridized carbons (Fsp3) is 1.00. The highest BCUT2D eigenvalue weighted by molar-refractivity contribution is 5.26. The van der Waals surface area contributed by atoms with Crippen LogP contribution in [0.4, 0.5) is 0 Å². The Balaban J connectivity index is 1.22. The molecular formula is C23H34O5. The van der Waals surface area contributed by atoms with Gasteiger partial charge in [0, 0.05) is 30.1 Å². The van der Waals surface area contributed by atoms with Crippen LogP contribution in [0.3, 0.4) is 0 Å². The minimum atomic E-state index is -0.354. The molecule has 0 aromatic carbocycles. The second-order valence-electron chi connectivity index (χ2n) is 11.3. The van der Waals surface area contributed by atoms with Gasteiger partial charge in [-0.3, -0.25) is 0 Å². The standard InChI is InChI=1S/C23H34O5/c1-19-7-8-21(24-9-10-25-21)14-22(19)18(28-22)13-15-16(19)3-5-20(2)17(15)4-6-23(20)26-11-12-27-23/h15-18H,3-14H2,1-2H3/t15?,16?,17?,18-,19+,20-,22-/m0/s1. The predicted octanol–water partition coefficient (Wildman–Crippen LogP) is 3.65. The summed E-state index contributed by atoms with van der Waals surface area (Å²) in [6, 6.07) is 0. The van der Waals surface area contributed by atoms with Crippen molar-refractivity contribution < 1.29 is 23.7 Å². The van der Waals surface area contributed by atoms with E-state index in [4.69, 9.17) is 23.7 Å². The van der Waals surface area contributed by atoms with Gasteiger partial charge >= 0.3 is 0 Å². The van der Waals surface area contributed by atoms with Crippen molar-refractivity contribution in [2.24, 2.45) is 28.6 Å². The van der Waals surface area contributed by atoms with E-state index in [0.717, 1.165) is 57.5 Å². The predicted molar refractivity (Wildman–Crippen MR) is 100 cm³/mol. The summed E-state index contributed by atoms with van der Waals surface area (Å²) in [5.41, 5.74) is 0.431. The van der Waals surface area contributed by atoms with Crippen molar-refractivity contribution in [3.05, 3.63) is 0 Å². The molecule has 156 valence electrons. The van der Waals surface area contributed by atoms with E-state index in [1.165, 1.54) is 32.1 Å². The summed E-state index contributed by atoms with van der Waals surface area (Å²) in [6.45, 7) is 8.04. The van der Waals surface area contributed by atoms with Crippen molar-refractivity contribution in [2.45, 2.75) is 88.5 Å². The normalized spacial score (nSPS) is 57.6. The number of rotatable bonds is 0.